The van der Waals surface area contributed by atoms with Crippen molar-refractivity contribution in [1.82, 2.24) is 20.5 Å². The molecule has 1 aromatic heterocycles. The molecule has 0 bridgehead atoms. The maximum Gasteiger partial charge on any atom is 0.289 e. The van der Waals surface area contributed by atoms with E-state index in [1.807, 2.05) is 60.7 Å². The minimum atomic E-state index is -1.05. The summed E-state index contributed by atoms with van der Waals surface area (Å²) < 4.78 is 0. The van der Waals surface area contributed by atoms with Gasteiger partial charge in [0.2, 0.25) is 17.6 Å². The van der Waals surface area contributed by atoms with Crippen molar-refractivity contribution >= 4 is 34.8 Å². The molecule has 2 aromatic carbocycles. The molecule has 1 saturated heterocycles. The number of benzene rings is 2. The fourth-order valence-corrected chi connectivity index (χ4v) is 4.59. The summed E-state index contributed by atoms with van der Waals surface area (Å²) in [4.78, 5) is 57.8. The average Bonchev–Trinajstić information content (AvgIpc) is 3.53. The summed E-state index contributed by atoms with van der Waals surface area (Å²) in [7, 11) is 0. The van der Waals surface area contributed by atoms with Crippen LogP contribution in [0.1, 0.15) is 28.8 Å². The predicted molar refractivity (Wildman–Crippen MR) is 131 cm³/mol. The van der Waals surface area contributed by atoms with E-state index in [0.717, 1.165) is 16.0 Å². The highest BCUT2D eigenvalue weighted by atomic mass is 32.1. The van der Waals surface area contributed by atoms with E-state index in [1.54, 1.807) is 16.6 Å². The van der Waals surface area contributed by atoms with Gasteiger partial charge in [0.25, 0.3) is 5.91 Å². The highest BCUT2D eigenvalue weighted by Crippen LogP contribution is 2.22. The zero-order valence-corrected chi connectivity index (χ0v) is 19.9. The van der Waals surface area contributed by atoms with Gasteiger partial charge in [-0.3, -0.25) is 24.2 Å². The number of rotatable bonds is 10. The highest BCUT2D eigenvalue weighted by Gasteiger charge is 2.38. The van der Waals surface area contributed by atoms with Gasteiger partial charge in [0.05, 0.1) is 12.1 Å². The summed E-state index contributed by atoms with van der Waals surface area (Å²) in [5, 5.41) is 5.37. The lowest BCUT2D eigenvalue weighted by Crippen LogP contribution is -2.53. The zero-order chi connectivity index (χ0) is 24.6. The normalized spacial score (nSPS) is 16.1. The van der Waals surface area contributed by atoms with Crippen molar-refractivity contribution in [3.05, 3.63) is 88.4 Å². The third-order valence-corrected chi connectivity index (χ3v) is 6.65. The van der Waals surface area contributed by atoms with Gasteiger partial charge < -0.3 is 15.5 Å². The number of nitrogens with one attached hydrogen (secondary N) is 2. The van der Waals surface area contributed by atoms with Crippen LogP contribution in [0.25, 0.3) is 0 Å². The Morgan fingerprint density at radius 2 is 1.71 bits per heavy atom. The smallest absolute Gasteiger partial charge is 0.289 e. The van der Waals surface area contributed by atoms with Gasteiger partial charge in [-0.15, -0.1) is 11.3 Å². The number of carbonyl (C=O) groups is 4. The molecular formula is C26H26N4O4S. The Morgan fingerprint density at radius 3 is 2.37 bits per heavy atom. The number of Topliss-reactive ketones (excluding diaryl/α,β-unsaturated/α-hetero) is 1. The molecule has 180 valence electrons. The first-order valence-corrected chi connectivity index (χ1v) is 12.3. The second kappa shape index (κ2) is 11.5. The van der Waals surface area contributed by atoms with E-state index in [4.69, 9.17) is 0 Å². The van der Waals surface area contributed by atoms with Crippen LogP contribution in [-0.2, 0) is 38.7 Å². The van der Waals surface area contributed by atoms with Crippen LogP contribution in [0.4, 0.5) is 0 Å². The van der Waals surface area contributed by atoms with Crippen molar-refractivity contribution in [3.63, 3.8) is 0 Å². The molecule has 1 fully saturated rings. The van der Waals surface area contributed by atoms with Crippen molar-refractivity contribution in [2.45, 2.75) is 44.4 Å². The van der Waals surface area contributed by atoms with E-state index in [0.29, 0.717) is 13.0 Å². The summed E-state index contributed by atoms with van der Waals surface area (Å²) in [6, 6.07) is 16.9. The summed E-state index contributed by atoms with van der Waals surface area (Å²) in [5.74, 6) is -2.05. The van der Waals surface area contributed by atoms with Crippen molar-refractivity contribution in [2.24, 2.45) is 0 Å². The van der Waals surface area contributed by atoms with Gasteiger partial charge >= 0.3 is 0 Å². The Hall–Kier alpha value is -3.85. The molecule has 0 radical (unpaired) electrons. The van der Waals surface area contributed by atoms with Crippen LogP contribution in [0.5, 0.6) is 0 Å². The number of likely N-dealkylation sites (tertiary alicyclic amines) is 1. The number of thiazole rings is 1. The molecule has 0 saturated carbocycles. The Kier molecular flexibility index (Phi) is 7.99. The van der Waals surface area contributed by atoms with Gasteiger partial charge in [0.1, 0.15) is 12.1 Å². The quantitative estimate of drug-likeness (QED) is 0.424. The molecule has 3 amide bonds. The third-order valence-electron chi connectivity index (χ3n) is 5.87. The minimum absolute atomic E-state index is 0.109. The Bertz CT molecular complexity index is 1170. The summed E-state index contributed by atoms with van der Waals surface area (Å²) in [5.41, 5.74) is 3.37. The van der Waals surface area contributed by atoms with Gasteiger partial charge in [-0.25, -0.2) is 0 Å². The maximum absolute atomic E-state index is 13.3. The van der Waals surface area contributed by atoms with Crippen LogP contribution in [0.2, 0.25) is 0 Å². The molecule has 1 unspecified atom stereocenters. The minimum Gasteiger partial charge on any atom is -0.344 e. The molecule has 1 aliphatic heterocycles. The maximum atomic E-state index is 13.3. The second-order valence-corrected chi connectivity index (χ2v) is 9.30. The molecule has 3 aromatic rings. The van der Waals surface area contributed by atoms with E-state index in [-0.39, 0.29) is 25.3 Å². The molecule has 0 aliphatic carbocycles. The Balaban J connectivity index is 1.47. The van der Waals surface area contributed by atoms with Crippen LogP contribution in [0, 0.1) is 0 Å². The lowest BCUT2D eigenvalue weighted by Gasteiger charge is -2.26. The first-order chi connectivity index (χ1) is 17.0. The van der Waals surface area contributed by atoms with Crippen LogP contribution in [-0.4, -0.2) is 45.5 Å². The molecule has 8 nitrogen and oxygen atoms in total. The number of carbonyl (C=O) groups excluding carboxylic acids is 4. The number of nitrogens with zero attached hydrogens (tertiary/aromatic N) is 2. The fourth-order valence-electron chi connectivity index (χ4n) is 4.05. The van der Waals surface area contributed by atoms with Gasteiger partial charge in [-0.05, 0) is 17.5 Å². The molecule has 2 atom stereocenters. The lowest BCUT2D eigenvalue weighted by molar-refractivity contribution is -0.141. The molecule has 4 rings (SSSR count). The van der Waals surface area contributed by atoms with Crippen LogP contribution >= 0.6 is 11.3 Å². The lowest BCUT2D eigenvalue weighted by atomic mass is 10.0. The zero-order valence-electron chi connectivity index (χ0n) is 19.1. The van der Waals surface area contributed by atoms with Crippen molar-refractivity contribution in [2.75, 3.05) is 0 Å². The predicted octanol–water partition coefficient (Wildman–Crippen LogP) is 2.25. The number of amides is 3. The molecule has 0 spiro atoms. The number of aromatic nitrogens is 1. The molecule has 1 aliphatic rings. The Labute approximate surface area is 207 Å². The van der Waals surface area contributed by atoms with Gasteiger partial charge in [0.15, 0.2) is 0 Å². The van der Waals surface area contributed by atoms with Gasteiger partial charge in [-0.2, -0.15) is 0 Å². The van der Waals surface area contributed by atoms with E-state index < -0.39 is 29.7 Å². The topological polar surface area (TPSA) is 108 Å². The van der Waals surface area contributed by atoms with E-state index >= 15 is 0 Å². The average molecular weight is 491 g/mol. The number of hydrogen-bond donors (Lipinski definition) is 2. The number of ketones is 1. The Morgan fingerprint density at radius 1 is 1.03 bits per heavy atom. The molecular weight excluding hydrogens is 464 g/mol. The van der Waals surface area contributed by atoms with Crippen LogP contribution in [0.15, 0.2) is 72.4 Å². The highest BCUT2D eigenvalue weighted by molar-refractivity contribution is 7.09. The van der Waals surface area contributed by atoms with Crippen molar-refractivity contribution in [1.29, 1.82) is 0 Å². The molecule has 2 heterocycles. The van der Waals surface area contributed by atoms with E-state index in [1.165, 1.54) is 11.3 Å². The first-order valence-electron chi connectivity index (χ1n) is 11.4. The van der Waals surface area contributed by atoms with Crippen LogP contribution < -0.4 is 10.6 Å². The van der Waals surface area contributed by atoms with E-state index in [9.17, 15) is 19.2 Å². The summed E-state index contributed by atoms with van der Waals surface area (Å²) in [6.45, 7) is 0.494. The van der Waals surface area contributed by atoms with E-state index in [2.05, 4.69) is 15.6 Å². The standard InChI is InChI=1S/C26H26N4O4S/c31-23-12-11-22(30(23)16-19-9-5-2-6-10-19)25(33)29-21(13-18-7-3-1-4-8-18)24(32)26(34)28-15-20-14-27-17-35-20/h1-10,14,17,21-22H,11-13,15-16H2,(H,28,34)(H,29,33)/t21?,22-/m0/s1. The van der Waals surface area contributed by atoms with Crippen LogP contribution in [0.3, 0.4) is 0 Å². The van der Waals surface area contributed by atoms with Crippen molar-refractivity contribution < 1.29 is 19.2 Å². The SMILES string of the molecule is O=C(NCc1cncs1)C(=O)C(Cc1ccccc1)NC(=O)[C@@H]1CCC(=O)N1Cc1ccccc1. The molecule has 35 heavy (non-hydrogen) atoms. The summed E-state index contributed by atoms with van der Waals surface area (Å²) >= 11 is 1.37. The first kappa shape index (κ1) is 24.3. The summed E-state index contributed by atoms with van der Waals surface area (Å²) in [6.07, 6.45) is 2.41. The second-order valence-electron chi connectivity index (χ2n) is 8.33. The van der Waals surface area contributed by atoms with Crippen molar-refractivity contribution in [3.8, 4) is 0 Å². The monoisotopic (exact) mass is 490 g/mol. The van der Waals surface area contributed by atoms with Gasteiger partial charge in [0, 0.05) is 30.5 Å². The molecule has 9 heteroatoms. The molecule has 2 N–H and O–H groups in total. The number of hydrogen-bond acceptors (Lipinski definition) is 6. The largest absolute Gasteiger partial charge is 0.344 e. The van der Waals surface area contributed by atoms with Gasteiger partial charge in [-0.1, -0.05) is 60.7 Å². The fraction of sp³-hybridized carbons (Fsp3) is 0.269. The third kappa shape index (κ3) is 6.39.